The van der Waals surface area contributed by atoms with Gasteiger partial charge in [0.25, 0.3) is 0 Å². The summed E-state index contributed by atoms with van der Waals surface area (Å²) in [5.41, 5.74) is 3.72. The molecule has 0 aliphatic rings. The minimum absolute atomic E-state index is 0.856. The van der Waals surface area contributed by atoms with Crippen LogP contribution in [0.25, 0.3) is 11.0 Å². The molecule has 1 aromatic carbocycles. The van der Waals surface area contributed by atoms with E-state index in [2.05, 4.69) is 4.98 Å². The number of aromatic nitrogens is 2. The van der Waals surface area contributed by atoms with Crippen LogP contribution in [-0.2, 0) is 0 Å². The van der Waals surface area contributed by atoms with Crippen molar-refractivity contribution < 1.29 is 5.21 Å². The summed E-state index contributed by atoms with van der Waals surface area (Å²) in [6, 6.07) is 7.53. The van der Waals surface area contributed by atoms with Gasteiger partial charge >= 0.3 is 0 Å². The molecule has 0 unspecified atom stereocenters. The molecule has 0 spiro atoms. The van der Waals surface area contributed by atoms with Gasteiger partial charge in [0.05, 0.1) is 11.0 Å². The second-order valence-electron chi connectivity index (χ2n) is 2.20. The Morgan fingerprint density at radius 1 is 1.36 bits per heavy atom. The van der Waals surface area contributed by atoms with Crippen LogP contribution in [0.15, 0.2) is 30.6 Å². The first-order valence-corrected chi connectivity index (χ1v) is 3.24. The first kappa shape index (κ1) is 6.18. The summed E-state index contributed by atoms with van der Waals surface area (Å²) >= 11 is 0. The maximum Gasteiger partial charge on any atom is 0.118 e. The number of benzene rings is 1. The molecule has 0 amide bonds. The lowest BCUT2D eigenvalue weighted by atomic mass is 10.3. The Morgan fingerprint density at radius 3 is 3.00 bits per heavy atom. The normalized spacial score (nSPS) is 10.3. The highest BCUT2D eigenvalue weighted by atomic mass is 16.5. The van der Waals surface area contributed by atoms with Crippen LogP contribution in [0.4, 0.5) is 0 Å². The molecule has 1 heterocycles. The van der Waals surface area contributed by atoms with E-state index >= 15 is 0 Å². The molecule has 1 aromatic heterocycles. The van der Waals surface area contributed by atoms with Gasteiger partial charge in [0.1, 0.15) is 6.33 Å². The lowest BCUT2D eigenvalue weighted by Gasteiger charge is -1.97. The smallest absolute Gasteiger partial charge is 0.118 e. The standard InChI is InChI=1S/C7H7N3O/c11-9-10-5-8-6-3-1-2-4-7(6)10/h1-5,9,11H. The second kappa shape index (κ2) is 2.25. The molecule has 0 fully saturated rings. The molecule has 11 heavy (non-hydrogen) atoms. The molecular weight excluding hydrogens is 142 g/mol. The summed E-state index contributed by atoms with van der Waals surface area (Å²) in [5.74, 6) is 0. The minimum atomic E-state index is 0.856. The van der Waals surface area contributed by atoms with Gasteiger partial charge in [0.2, 0.25) is 0 Å². The van der Waals surface area contributed by atoms with E-state index in [9.17, 15) is 0 Å². The van der Waals surface area contributed by atoms with E-state index < -0.39 is 0 Å². The van der Waals surface area contributed by atoms with E-state index in [-0.39, 0.29) is 0 Å². The third-order valence-corrected chi connectivity index (χ3v) is 1.56. The molecule has 2 N–H and O–H groups in total. The Hall–Kier alpha value is -1.55. The molecule has 2 rings (SSSR count). The van der Waals surface area contributed by atoms with Gasteiger partial charge in [-0.15, -0.1) is 0 Å². The molecule has 0 saturated heterocycles. The Morgan fingerprint density at radius 2 is 2.18 bits per heavy atom. The highest BCUT2D eigenvalue weighted by Crippen LogP contribution is 2.08. The SMILES string of the molecule is ONn1cnc2ccccc21. The zero-order valence-electron chi connectivity index (χ0n) is 5.73. The van der Waals surface area contributed by atoms with Crippen molar-refractivity contribution in [3.63, 3.8) is 0 Å². The van der Waals surface area contributed by atoms with E-state index in [1.807, 2.05) is 29.9 Å². The predicted molar refractivity (Wildman–Crippen MR) is 40.9 cm³/mol. The van der Waals surface area contributed by atoms with E-state index in [4.69, 9.17) is 5.21 Å². The molecule has 4 heteroatoms. The Balaban J connectivity index is 2.76. The first-order valence-electron chi connectivity index (χ1n) is 3.24. The molecule has 0 atom stereocenters. The van der Waals surface area contributed by atoms with Gasteiger partial charge in [-0.2, -0.15) is 0 Å². The van der Waals surface area contributed by atoms with Crippen molar-refractivity contribution in [3.8, 4) is 0 Å². The molecular formula is C7H7N3O. The second-order valence-corrected chi connectivity index (χ2v) is 2.20. The summed E-state index contributed by atoms with van der Waals surface area (Å²) in [5, 5.41) is 8.60. The third-order valence-electron chi connectivity index (χ3n) is 1.56. The molecule has 4 nitrogen and oxygen atoms in total. The number of hydrogen-bond acceptors (Lipinski definition) is 3. The molecule has 0 saturated carbocycles. The van der Waals surface area contributed by atoms with Crippen LogP contribution in [0, 0.1) is 0 Å². The minimum Gasteiger partial charge on any atom is -0.275 e. The van der Waals surface area contributed by atoms with Crippen molar-refractivity contribution in [1.29, 1.82) is 0 Å². The van der Waals surface area contributed by atoms with E-state index in [1.54, 1.807) is 0 Å². The Kier molecular flexibility index (Phi) is 1.26. The number of fused-ring (bicyclic) bond motifs is 1. The largest absolute Gasteiger partial charge is 0.275 e. The lowest BCUT2D eigenvalue weighted by Crippen LogP contribution is -2.06. The molecule has 0 radical (unpaired) electrons. The van der Waals surface area contributed by atoms with Crippen LogP contribution in [0.1, 0.15) is 0 Å². The van der Waals surface area contributed by atoms with E-state index in [1.165, 1.54) is 11.0 Å². The average molecular weight is 149 g/mol. The van der Waals surface area contributed by atoms with Crippen molar-refractivity contribution in [1.82, 2.24) is 9.66 Å². The third kappa shape index (κ3) is 0.841. The van der Waals surface area contributed by atoms with Crippen LogP contribution >= 0.6 is 0 Å². The van der Waals surface area contributed by atoms with Crippen molar-refractivity contribution in [2.75, 3.05) is 5.59 Å². The van der Waals surface area contributed by atoms with Gasteiger partial charge in [-0.25, -0.2) is 15.2 Å². The Labute approximate surface area is 63.0 Å². The highest BCUT2D eigenvalue weighted by Gasteiger charge is 1.97. The van der Waals surface area contributed by atoms with Gasteiger partial charge in [-0.3, -0.25) is 5.21 Å². The maximum absolute atomic E-state index is 8.60. The molecule has 2 aromatic rings. The zero-order valence-corrected chi connectivity index (χ0v) is 5.73. The van der Waals surface area contributed by atoms with Crippen LogP contribution in [0.5, 0.6) is 0 Å². The highest BCUT2D eigenvalue weighted by molar-refractivity contribution is 5.75. The summed E-state index contributed by atoms with van der Waals surface area (Å²) in [4.78, 5) is 4.03. The van der Waals surface area contributed by atoms with Crippen LogP contribution in [-0.4, -0.2) is 14.9 Å². The van der Waals surface area contributed by atoms with Gasteiger partial charge in [-0.05, 0) is 12.1 Å². The topological polar surface area (TPSA) is 50.1 Å². The fraction of sp³-hybridized carbons (Fsp3) is 0. The predicted octanol–water partition coefficient (Wildman–Crippen LogP) is 0.969. The van der Waals surface area contributed by atoms with Crippen molar-refractivity contribution in [2.45, 2.75) is 0 Å². The molecule has 56 valence electrons. The maximum atomic E-state index is 8.60. The molecule has 0 aliphatic heterocycles. The summed E-state index contributed by atoms with van der Waals surface area (Å²) < 4.78 is 1.44. The van der Waals surface area contributed by atoms with E-state index in [0.717, 1.165) is 11.0 Å². The van der Waals surface area contributed by atoms with Crippen molar-refractivity contribution in [3.05, 3.63) is 30.6 Å². The number of para-hydroxylation sites is 2. The van der Waals surface area contributed by atoms with E-state index in [0.29, 0.717) is 0 Å². The van der Waals surface area contributed by atoms with Crippen molar-refractivity contribution >= 4 is 11.0 Å². The summed E-state index contributed by atoms with van der Waals surface area (Å²) in [6.45, 7) is 0. The number of imidazole rings is 1. The first-order chi connectivity index (χ1) is 5.42. The molecule has 0 bridgehead atoms. The fourth-order valence-electron chi connectivity index (χ4n) is 1.04. The number of hydrogen-bond donors (Lipinski definition) is 2. The van der Waals surface area contributed by atoms with Gasteiger partial charge in [-0.1, -0.05) is 12.1 Å². The fourth-order valence-corrected chi connectivity index (χ4v) is 1.04. The Bertz CT molecular complexity index is 368. The molecule has 0 aliphatic carbocycles. The van der Waals surface area contributed by atoms with Gasteiger partial charge < -0.3 is 0 Å². The number of nitrogens with zero attached hydrogens (tertiary/aromatic N) is 2. The average Bonchev–Trinajstić information content (AvgIpc) is 2.47. The lowest BCUT2D eigenvalue weighted by molar-refractivity contribution is 0.322. The zero-order chi connectivity index (χ0) is 7.68. The van der Waals surface area contributed by atoms with Gasteiger partial charge in [0, 0.05) is 0 Å². The van der Waals surface area contributed by atoms with Crippen LogP contribution < -0.4 is 5.59 Å². The van der Waals surface area contributed by atoms with Crippen molar-refractivity contribution in [2.24, 2.45) is 0 Å². The summed E-state index contributed by atoms with van der Waals surface area (Å²) in [6.07, 6.45) is 1.52. The van der Waals surface area contributed by atoms with Crippen LogP contribution in [0.2, 0.25) is 0 Å². The summed E-state index contributed by atoms with van der Waals surface area (Å²) in [7, 11) is 0. The number of nitrogens with one attached hydrogen (secondary N) is 1. The quantitative estimate of drug-likeness (QED) is 0.594. The van der Waals surface area contributed by atoms with Gasteiger partial charge in [0.15, 0.2) is 0 Å². The monoisotopic (exact) mass is 149 g/mol. The number of rotatable bonds is 1. The van der Waals surface area contributed by atoms with Crippen LogP contribution in [0.3, 0.4) is 0 Å².